The van der Waals surface area contributed by atoms with Crippen molar-refractivity contribution in [2.24, 2.45) is 5.92 Å². The Kier molecular flexibility index (Phi) is 6.57. The van der Waals surface area contributed by atoms with Gasteiger partial charge in [0.15, 0.2) is 0 Å². The third-order valence-corrected chi connectivity index (χ3v) is 5.36. The van der Waals surface area contributed by atoms with Gasteiger partial charge in [0.1, 0.15) is 5.75 Å². The van der Waals surface area contributed by atoms with E-state index in [0.717, 1.165) is 24.2 Å². The van der Waals surface area contributed by atoms with Crippen LogP contribution in [-0.2, 0) is 11.3 Å². The molecule has 1 aliphatic heterocycles. The Morgan fingerprint density at radius 2 is 1.82 bits per heavy atom. The maximum atomic E-state index is 12.9. The molecule has 1 heterocycles. The van der Waals surface area contributed by atoms with Crippen molar-refractivity contribution < 1.29 is 14.3 Å². The molecule has 3 rings (SSSR count). The highest BCUT2D eigenvalue weighted by molar-refractivity contribution is 6.30. The van der Waals surface area contributed by atoms with Gasteiger partial charge in [-0.1, -0.05) is 23.7 Å². The van der Waals surface area contributed by atoms with E-state index in [1.807, 2.05) is 31.3 Å². The van der Waals surface area contributed by atoms with Crippen LogP contribution in [0.15, 0.2) is 48.5 Å². The second-order valence-electron chi connectivity index (χ2n) is 7.14. The van der Waals surface area contributed by atoms with Crippen molar-refractivity contribution in [3.8, 4) is 5.75 Å². The average Bonchev–Trinajstić information content (AvgIpc) is 2.74. The van der Waals surface area contributed by atoms with Gasteiger partial charge in [-0.05, 0) is 54.8 Å². The Morgan fingerprint density at radius 3 is 2.46 bits per heavy atom. The third kappa shape index (κ3) is 4.84. The van der Waals surface area contributed by atoms with Gasteiger partial charge in [-0.3, -0.25) is 9.59 Å². The van der Waals surface area contributed by atoms with Crippen molar-refractivity contribution in [1.82, 2.24) is 9.80 Å². The van der Waals surface area contributed by atoms with Crippen molar-refractivity contribution in [1.29, 1.82) is 0 Å². The lowest BCUT2D eigenvalue weighted by molar-refractivity contribution is -0.136. The summed E-state index contributed by atoms with van der Waals surface area (Å²) in [4.78, 5) is 29.2. The first kappa shape index (κ1) is 20.2. The molecule has 0 N–H and O–H groups in total. The molecule has 1 unspecified atom stereocenters. The first-order valence-corrected chi connectivity index (χ1v) is 9.78. The number of hydrogen-bond acceptors (Lipinski definition) is 3. The number of rotatable bonds is 5. The normalized spacial score (nSPS) is 16.5. The highest BCUT2D eigenvalue weighted by Crippen LogP contribution is 2.22. The number of carbonyl (C=O) groups excluding carboxylic acids is 2. The topological polar surface area (TPSA) is 49.9 Å². The minimum atomic E-state index is -0.173. The maximum absolute atomic E-state index is 12.9. The van der Waals surface area contributed by atoms with Crippen LogP contribution < -0.4 is 4.74 Å². The molecule has 2 amide bonds. The van der Waals surface area contributed by atoms with Gasteiger partial charge in [-0.25, -0.2) is 0 Å². The fourth-order valence-electron chi connectivity index (χ4n) is 3.53. The second-order valence-corrected chi connectivity index (χ2v) is 7.58. The summed E-state index contributed by atoms with van der Waals surface area (Å²) in [5, 5.41) is 0.600. The number of ether oxygens (including phenoxy) is 1. The first-order valence-electron chi connectivity index (χ1n) is 9.40. The van der Waals surface area contributed by atoms with E-state index in [1.54, 1.807) is 41.2 Å². The van der Waals surface area contributed by atoms with Crippen LogP contribution in [0.3, 0.4) is 0 Å². The van der Waals surface area contributed by atoms with E-state index in [9.17, 15) is 9.59 Å². The van der Waals surface area contributed by atoms with Crippen LogP contribution >= 0.6 is 11.6 Å². The predicted octanol–water partition coefficient (Wildman–Crippen LogP) is 3.86. The maximum Gasteiger partial charge on any atom is 0.253 e. The van der Waals surface area contributed by atoms with Crippen LogP contribution in [0, 0.1) is 5.92 Å². The van der Waals surface area contributed by atoms with Gasteiger partial charge in [0.2, 0.25) is 5.91 Å². The van der Waals surface area contributed by atoms with Gasteiger partial charge in [-0.15, -0.1) is 0 Å². The second kappa shape index (κ2) is 9.11. The van der Waals surface area contributed by atoms with Crippen molar-refractivity contribution in [3.63, 3.8) is 0 Å². The molecule has 0 aromatic heterocycles. The molecule has 0 saturated carbocycles. The third-order valence-electron chi connectivity index (χ3n) is 5.10. The van der Waals surface area contributed by atoms with Gasteiger partial charge in [0.05, 0.1) is 13.0 Å². The standard InChI is InChI=1S/C22H25ClN2O3/c1-24(14-16-5-11-20(28-2)12-6-16)21(26)18-4-3-13-25(15-18)22(27)17-7-9-19(23)10-8-17/h5-12,18H,3-4,13-15H2,1-2H3. The lowest BCUT2D eigenvalue weighted by Crippen LogP contribution is -2.45. The number of halogens is 1. The van der Waals surface area contributed by atoms with E-state index in [-0.39, 0.29) is 17.7 Å². The van der Waals surface area contributed by atoms with Crippen LogP contribution in [0.5, 0.6) is 5.75 Å². The zero-order valence-corrected chi connectivity index (χ0v) is 17.0. The summed E-state index contributed by atoms with van der Waals surface area (Å²) in [5.41, 5.74) is 1.64. The van der Waals surface area contributed by atoms with E-state index in [4.69, 9.17) is 16.3 Å². The zero-order valence-electron chi connectivity index (χ0n) is 16.2. The number of hydrogen-bond donors (Lipinski definition) is 0. The van der Waals surface area contributed by atoms with E-state index >= 15 is 0 Å². The van der Waals surface area contributed by atoms with Crippen LogP contribution in [0.4, 0.5) is 0 Å². The number of amides is 2. The van der Waals surface area contributed by atoms with Crippen molar-refractivity contribution >= 4 is 23.4 Å². The molecule has 1 aliphatic rings. The van der Waals surface area contributed by atoms with E-state index in [1.165, 1.54) is 0 Å². The monoisotopic (exact) mass is 400 g/mol. The average molecular weight is 401 g/mol. The summed E-state index contributed by atoms with van der Waals surface area (Å²) in [6, 6.07) is 14.6. The summed E-state index contributed by atoms with van der Waals surface area (Å²) in [5.74, 6) is 0.644. The highest BCUT2D eigenvalue weighted by atomic mass is 35.5. The van der Waals surface area contributed by atoms with Gasteiger partial charge >= 0.3 is 0 Å². The molecule has 28 heavy (non-hydrogen) atoms. The summed E-state index contributed by atoms with van der Waals surface area (Å²) in [6.45, 7) is 1.66. The fraction of sp³-hybridized carbons (Fsp3) is 0.364. The number of benzene rings is 2. The zero-order chi connectivity index (χ0) is 20.1. The Balaban J connectivity index is 1.61. The summed E-state index contributed by atoms with van der Waals surface area (Å²) >= 11 is 5.90. The van der Waals surface area contributed by atoms with Crippen LogP contribution in [0.2, 0.25) is 5.02 Å². The molecule has 148 valence electrons. The van der Waals surface area contributed by atoms with Gasteiger partial charge in [0, 0.05) is 37.3 Å². The van der Waals surface area contributed by atoms with Crippen LogP contribution in [0.1, 0.15) is 28.8 Å². The molecule has 0 aliphatic carbocycles. The minimum Gasteiger partial charge on any atom is -0.497 e. The molecule has 1 fully saturated rings. The fourth-order valence-corrected chi connectivity index (χ4v) is 3.66. The Hall–Kier alpha value is -2.53. The minimum absolute atomic E-state index is 0.0491. The molecule has 2 aromatic rings. The SMILES string of the molecule is COc1ccc(CN(C)C(=O)C2CCCN(C(=O)c3ccc(Cl)cc3)C2)cc1. The lowest BCUT2D eigenvalue weighted by atomic mass is 9.95. The van der Waals surface area contributed by atoms with Crippen molar-refractivity contribution in [2.75, 3.05) is 27.2 Å². The molecule has 0 bridgehead atoms. The Morgan fingerprint density at radius 1 is 1.14 bits per heavy atom. The highest BCUT2D eigenvalue weighted by Gasteiger charge is 2.30. The lowest BCUT2D eigenvalue weighted by Gasteiger charge is -2.34. The predicted molar refractivity (Wildman–Crippen MR) is 110 cm³/mol. The molecule has 1 atom stereocenters. The summed E-state index contributed by atoms with van der Waals surface area (Å²) in [7, 11) is 3.44. The number of carbonyl (C=O) groups is 2. The van der Waals surface area contributed by atoms with Crippen molar-refractivity contribution in [2.45, 2.75) is 19.4 Å². The van der Waals surface area contributed by atoms with Crippen LogP contribution in [0.25, 0.3) is 0 Å². The quantitative estimate of drug-likeness (QED) is 0.765. The molecule has 5 nitrogen and oxygen atoms in total. The smallest absolute Gasteiger partial charge is 0.253 e. The van der Waals surface area contributed by atoms with E-state index in [0.29, 0.717) is 30.2 Å². The number of nitrogens with zero attached hydrogens (tertiary/aromatic N) is 2. The van der Waals surface area contributed by atoms with Gasteiger partial charge in [0.25, 0.3) is 5.91 Å². The number of methoxy groups -OCH3 is 1. The summed E-state index contributed by atoms with van der Waals surface area (Å²) < 4.78 is 5.17. The largest absolute Gasteiger partial charge is 0.497 e. The van der Waals surface area contributed by atoms with Gasteiger partial charge in [-0.2, -0.15) is 0 Å². The summed E-state index contributed by atoms with van der Waals surface area (Å²) in [6.07, 6.45) is 1.63. The molecule has 2 aromatic carbocycles. The van der Waals surface area contributed by atoms with Gasteiger partial charge < -0.3 is 14.5 Å². The van der Waals surface area contributed by atoms with E-state index in [2.05, 4.69) is 0 Å². The molecular weight excluding hydrogens is 376 g/mol. The number of likely N-dealkylation sites (tertiary alicyclic amines) is 1. The first-order chi connectivity index (χ1) is 13.5. The van der Waals surface area contributed by atoms with Crippen molar-refractivity contribution in [3.05, 3.63) is 64.7 Å². The number of piperidine rings is 1. The molecule has 0 spiro atoms. The molecule has 0 radical (unpaired) electrons. The molecule has 1 saturated heterocycles. The van der Waals surface area contributed by atoms with Crippen LogP contribution in [-0.4, -0.2) is 48.9 Å². The Labute approximate surface area is 170 Å². The molecular formula is C22H25ClN2O3. The Bertz CT molecular complexity index is 821. The molecule has 6 heteroatoms. The van der Waals surface area contributed by atoms with E-state index < -0.39 is 0 Å².